The van der Waals surface area contributed by atoms with Gasteiger partial charge in [0.15, 0.2) is 10.8 Å². The van der Waals surface area contributed by atoms with Gasteiger partial charge in [-0.25, -0.2) is 9.97 Å². The lowest BCUT2D eigenvalue weighted by Crippen LogP contribution is -2.15. The average Bonchev–Trinajstić information content (AvgIpc) is 2.95. The van der Waals surface area contributed by atoms with Gasteiger partial charge in [-0.2, -0.15) is 13.2 Å². The van der Waals surface area contributed by atoms with Gasteiger partial charge >= 0.3 is 6.18 Å². The van der Waals surface area contributed by atoms with Crippen molar-refractivity contribution in [1.29, 1.82) is 0 Å². The third-order valence-electron chi connectivity index (χ3n) is 3.05. The fourth-order valence-corrected chi connectivity index (χ4v) is 2.67. The molecule has 0 saturated carbocycles. The van der Waals surface area contributed by atoms with Crippen molar-refractivity contribution in [2.45, 2.75) is 11.3 Å². The summed E-state index contributed by atoms with van der Waals surface area (Å²) in [6.07, 6.45) is -2.84. The summed E-state index contributed by atoms with van der Waals surface area (Å²) in [6, 6.07) is 8.07. The number of benzene rings is 1. The third-order valence-corrected chi connectivity index (χ3v) is 3.92. The van der Waals surface area contributed by atoms with E-state index in [4.69, 9.17) is 0 Å². The van der Waals surface area contributed by atoms with E-state index >= 15 is 0 Å². The zero-order valence-corrected chi connectivity index (χ0v) is 12.9. The van der Waals surface area contributed by atoms with Crippen LogP contribution < -0.4 is 5.32 Å². The molecule has 2 heterocycles. The fraction of sp³-hybridized carbons (Fsp3) is 0.133. The number of anilines is 1. The van der Waals surface area contributed by atoms with Gasteiger partial charge in [-0.05, 0) is 30.3 Å². The second-order valence-corrected chi connectivity index (χ2v) is 5.80. The smallest absolute Gasteiger partial charge is 0.332 e. The van der Waals surface area contributed by atoms with Crippen LogP contribution in [0.5, 0.6) is 0 Å². The van der Waals surface area contributed by atoms with Gasteiger partial charge in [0.05, 0.1) is 16.8 Å². The van der Waals surface area contributed by atoms with Gasteiger partial charge in [0.25, 0.3) is 0 Å². The maximum Gasteiger partial charge on any atom is 0.416 e. The molecule has 9 heteroatoms. The van der Waals surface area contributed by atoms with Crippen molar-refractivity contribution in [3.05, 3.63) is 48.2 Å². The number of nitrogens with zero attached hydrogens (tertiary/aromatic N) is 2. The van der Waals surface area contributed by atoms with Crippen molar-refractivity contribution >= 4 is 34.5 Å². The summed E-state index contributed by atoms with van der Waals surface area (Å²) < 4.78 is 37.9. The molecule has 0 unspecified atom stereocenters. The minimum atomic E-state index is -4.45. The lowest BCUT2D eigenvalue weighted by Gasteiger charge is -2.09. The van der Waals surface area contributed by atoms with Crippen molar-refractivity contribution in [3.63, 3.8) is 0 Å². The number of alkyl halides is 3. The molecule has 0 spiro atoms. The Hall–Kier alpha value is -2.55. The topological polar surface area (TPSA) is 70.7 Å². The van der Waals surface area contributed by atoms with E-state index in [-0.39, 0.29) is 11.4 Å². The van der Waals surface area contributed by atoms with Gasteiger partial charge in [0.2, 0.25) is 5.91 Å². The predicted molar refractivity (Wildman–Crippen MR) is 84.7 cm³/mol. The molecule has 1 aromatic carbocycles. The number of rotatable bonds is 4. The van der Waals surface area contributed by atoms with Crippen molar-refractivity contribution in [3.8, 4) is 0 Å². The Morgan fingerprint density at radius 1 is 1.25 bits per heavy atom. The number of carbonyl (C=O) groups is 1. The molecule has 5 nitrogen and oxygen atoms in total. The van der Waals surface area contributed by atoms with E-state index in [1.807, 2.05) is 6.07 Å². The van der Waals surface area contributed by atoms with E-state index in [0.29, 0.717) is 10.8 Å². The lowest BCUT2D eigenvalue weighted by atomic mass is 10.2. The number of halogens is 3. The number of imidazole rings is 1. The van der Waals surface area contributed by atoms with E-state index in [0.717, 1.165) is 29.4 Å². The number of hydrogen-bond acceptors (Lipinski definition) is 4. The van der Waals surface area contributed by atoms with Crippen molar-refractivity contribution < 1.29 is 18.0 Å². The number of aromatic amines is 1. The minimum absolute atomic E-state index is 0.00999. The number of aromatic nitrogens is 3. The van der Waals surface area contributed by atoms with E-state index in [1.165, 1.54) is 12.1 Å². The third kappa shape index (κ3) is 3.85. The highest BCUT2D eigenvalue weighted by atomic mass is 32.2. The molecular weight excluding hydrogens is 341 g/mol. The molecule has 24 heavy (non-hydrogen) atoms. The molecule has 2 aromatic heterocycles. The first-order chi connectivity index (χ1) is 11.4. The summed E-state index contributed by atoms with van der Waals surface area (Å²) in [6.45, 7) is 0. The molecule has 0 aliphatic rings. The van der Waals surface area contributed by atoms with Crippen LogP contribution in [0.25, 0.3) is 11.2 Å². The van der Waals surface area contributed by atoms with Crippen LogP contribution in [0.15, 0.2) is 47.8 Å². The van der Waals surface area contributed by atoms with Crippen LogP contribution in [0.2, 0.25) is 0 Å². The molecular formula is C15H11F3N4OS. The Morgan fingerprint density at radius 2 is 2.08 bits per heavy atom. The number of pyridine rings is 1. The summed E-state index contributed by atoms with van der Waals surface area (Å²) in [5, 5.41) is 2.96. The zero-order valence-electron chi connectivity index (χ0n) is 12.1. The van der Waals surface area contributed by atoms with Crippen LogP contribution >= 0.6 is 11.8 Å². The molecule has 0 aliphatic heterocycles. The number of amides is 1. The van der Waals surface area contributed by atoms with Crippen LogP contribution in [0.4, 0.5) is 18.9 Å². The number of fused-ring (bicyclic) bond motifs is 1. The summed E-state index contributed by atoms with van der Waals surface area (Å²) in [5.41, 5.74) is 0.578. The van der Waals surface area contributed by atoms with Gasteiger partial charge in [0.1, 0.15) is 0 Å². The highest BCUT2D eigenvalue weighted by molar-refractivity contribution is 7.99. The first-order valence-corrected chi connectivity index (χ1v) is 7.81. The normalized spacial score (nSPS) is 11.6. The van der Waals surface area contributed by atoms with E-state index in [2.05, 4.69) is 20.3 Å². The highest BCUT2D eigenvalue weighted by Gasteiger charge is 2.30. The van der Waals surface area contributed by atoms with E-state index in [1.54, 1.807) is 12.3 Å². The van der Waals surface area contributed by atoms with Gasteiger partial charge in [-0.3, -0.25) is 4.79 Å². The molecule has 3 rings (SSSR count). The number of nitrogens with one attached hydrogen (secondary N) is 2. The molecule has 0 atom stereocenters. The number of H-pyrrole nitrogens is 1. The Balaban J connectivity index is 1.61. The summed E-state index contributed by atoms with van der Waals surface area (Å²) in [5.74, 6) is -0.413. The minimum Gasteiger partial charge on any atom is -0.332 e. The molecule has 3 aromatic rings. The number of thioether (sulfide) groups is 1. The highest BCUT2D eigenvalue weighted by Crippen LogP contribution is 2.30. The maximum absolute atomic E-state index is 12.6. The molecule has 0 bridgehead atoms. The van der Waals surface area contributed by atoms with Crippen LogP contribution in [0.1, 0.15) is 5.56 Å². The predicted octanol–water partition coefficient (Wildman–Crippen LogP) is 3.71. The average molecular weight is 352 g/mol. The maximum atomic E-state index is 12.6. The van der Waals surface area contributed by atoms with Crippen LogP contribution in [-0.2, 0) is 11.0 Å². The first kappa shape index (κ1) is 16.3. The van der Waals surface area contributed by atoms with Crippen LogP contribution in [0, 0.1) is 0 Å². The molecule has 0 saturated heterocycles. The fourth-order valence-electron chi connectivity index (χ4n) is 2.00. The second-order valence-electron chi connectivity index (χ2n) is 4.83. The Bertz CT molecular complexity index is 845. The van der Waals surface area contributed by atoms with Gasteiger partial charge < -0.3 is 10.3 Å². The second kappa shape index (κ2) is 6.52. The Kier molecular flexibility index (Phi) is 4.43. The monoisotopic (exact) mass is 352 g/mol. The van der Waals surface area contributed by atoms with Crippen molar-refractivity contribution in [2.24, 2.45) is 0 Å². The quantitative estimate of drug-likeness (QED) is 0.702. The standard InChI is InChI=1S/C15H11F3N4OS/c16-15(17,18)9-3-1-4-10(7-9)20-12(23)8-24-14-21-11-5-2-6-19-13(11)22-14/h1-7H,8H2,(H,20,23)(H,19,21,22). The zero-order chi connectivity index (χ0) is 17.2. The summed E-state index contributed by atoms with van der Waals surface area (Å²) in [7, 11) is 0. The number of carbonyl (C=O) groups excluding carboxylic acids is 1. The summed E-state index contributed by atoms with van der Waals surface area (Å²) in [4.78, 5) is 23.2. The first-order valence-electron chi connectivity index (χ1n) is 6.82. The Labute approximate surface area is 138 Å². The molecule has 0 radical (unpaired) electrons. The SMILES string of the molecule is O=C(CSc1nc2ncccc2[nH]1)Nc1cccc(C(F)(F)F)c1. The van der Waals surface area contributed by atoms with Crippen LogP contribution in [0.3, 0.4) is 0 Å². The van der Waals surface area contributed by atoms with E-state index < -0.39 is 17.6 Å². The van der Waals surface area contributed by atoms with Crippen molar-refractivity contribution in [2.75, 3.05) is 11.1 Å². The number of hydrogen-bond donors (Lipinski definition) is 2. The molecule has 124 valence electrons. The lowest BCUT2D eigenvalue weighted by molar-refractivity contribution is -0.137. The summed E-state index contributed by atoms with van der Waals surface area (Å²) >= 11 is 1.14. The van der Waals surface area contributed by atoms with Gasteiger partial charge in [-0.1, -0.05) is 17.8 Å². The molecule has 2 N–H and O–H groups in total. The van der Waals surface area contributed by atoms with E-state index in [9.17, 15) is 18.0 Å². The van der Waals surface area contributed by atoms with Gasteiger partial charge in [0, 0.05) is 11.9 Å². The Morgan fingerprint density at radius 3 is 2.83 bits per heavy atom. The van der Waals surface area contributed by atoms with Crippen molar-refractivity contribution in [1.82, 2.24) is 15.0 Å². The molecule has 0 fully saturated rings. The molecule has 0 aliphatic carbocycles. The van der Waals surface area contributed by atoms with Crippen LogP contribution in [-0.4, -0.2) is 26.6 Å². The largest absolute Gasteiger partial charge is 0.416 e. The van der Waals surface area contributed by atoms with Gasteiger partial charge in [-0.15, -0.1) is 0 Å². The molecule has 1 amide bonds.